The van der Waals surface area contributed by atoms with Crippen molar-refractivity contribution >= 4 is 23.2 Å². The average Bonchev–Trinajstić information content (AvgIpc) is 2.15. The molecule has 3 nitrogen and oxygen atoms in total. The minimum atomic E-state index is -0.372. The van der Waals surface area contributed by atoms with Gasteiger partial charge in [-0.25, -0.2) is 0 Å². The van der Waals surface area contributed by atoms with E-state index in [1.54, 1.807) is 18.2 Å². The highest BCUT2D eigenvalue weighted by Crippen LogP contribution is 2.29. The Morgan fingerprint density at radius 1 is 1.38 bits per heavy atom. The summed E-state index contributed by atoms with van der Waals surface area (Å²) in [5, 5.41) is 6.94. The maximum atomic E-state index is 11.9. The van der Waals surface area contributed by atoms with E-state index in [9.17, 15) is 4.79 Å². The number of amides is 1. The Morgan fingerprint density at radius 2 is 2.12 bits per heavy atom. The number of carbonyl (C=O) groups is 1. The van der Waals surface area contributed by atoms with E-state index in [0.717, 1.165) is 18.5 Å². The van der Waals surface area contributed by atoms with Gasteiger partial charge >= 0.3 is 0 Å². The molecule has 1 aliphatic rings. The lowest BCUT2D eigenvalue weighted by molar-refractivity contribution is 0.0903. The fourth-order valence-electron chi connectivity index (χ4n) is 2.09. The summed E-state index contributed by atoms with van der Waals surface area (Å²) in [6, 6.07) is 5.26. The third kappa shape index (κ3) is 2.00. The summed E-state index contributed by atoms with van der Waals surface area (Å²) in [4.78, 5) is 11.9. The summed E-state index contributed by atoms with van der Waals surface area (Å²) in [5.74, 6) is -0.0404. The van der Waals surface area contributed by atoms with Gasteiger partial charge in [-0.05, 0) is 31.5 Å². The monoisotopic (exact) mass is 238 g/mol. The van der Waals surface area contributed by atoms with Crippen LogP contribution in [0.15, 0.2) is 18.2 Å². The Kier molecular flexibility index (Phi) is 2.80. The predicted molar refractivity (Wildman–Crippen MR) is 65.9 cm³/mol. The molecule has 2 rings (SSSR count). The number of fused-ring (bicyclic) bond motifs is 1. The Hall–Kier alpha value is -1.22. The third-order valence-electron chi connectivity index (χ3n) is 2.78. The van der Waals surface area contributed by atoms with Crippen LogP contribution in [0.25, 0.3) is 0 Å². The molecule has 1 amide bonds. The maximum absolute atomic E-state index is 11.9. The highest BCUT2D eigenvalue weighted by molar-refractivity contribution is 6.31. The Balaban J connectivity index is 2.38. The number of nitrogens with one attached hydrogen (secondary N) is 2. The first-order valence-electron chi connectivity index (χ1n) is 5.44. The molecule has 0 bridgehead atoms. The molecule has 0 fully saturated rings. The van der Waals surface area contributed by atoms with Gasteiger partial charge in [0, 0.05) is 5.02 Å². The molecule has 1 aromatic rings. The van der Waals surface area contributed by atoms with Crippen molar-refractivity contribution < 1.29 is 4.79 Å². The molecule has 16 heavy (non-hydrogen) atoms. The van der Waals surface area contributed by atoms with Crippen molar-refractivity contribution in [3.63, 3.8) is 0 Å². The molecule has 86 valence electrons. The van der Waals surface area contributed by atoms with E-state index in [1.807, 2.05) is 6.92 Å². The van der Waals surface area contributed by atoms with E-state index in [1.165, 1.54) is 0 Å². The second-order valence-electron chi connectivity index (χ2n) is 4.35. The molecule has 0 saturated carbocycles. The van der Waals surface area contributed by atoms with Gasteiger partial charge in [-0.15, -0.1) is 0 Å². The van der Waals surface area contributed by atoms with Crippen LogP contribution in [0, 0.1) is 0 Å². The molecular weight excluding hydrogens is 224 g/mol. The van der Waals surface area contributed by atoms with E-state index in [-0.39, 0.29) is 11.6 Å². The Bertz CT molecular complexity index is 433. The first-order valence-corrected chi connectivity index (χ1v) is 5.82. The fraction of sp³-hybridized carbons (Fsp3) is 0.417. The summed E-state index contributed by atoms with van der Waals surface area (Å²) in [7, 11) is 0. The van der Waals surface area contributed by atoms with Gasteiger partial charge < -0.3 is 10.6 Å². The highest BCUT2D eigenvalue weighted by atomic mass is 35.5. The zero-order valence-corrected chi connectivity index (χ0v) is 10.2. The summed E-state index contributed by atoms with van der Waals surface area (Å²) < 4.78 is 0. The van der Waals surface area contributed by atoms with Crippen LogP contribution in [-0.2, 0) is 0 Å². The number of benzene rings is 1. The van der Waals surface area contributed by atoms with Crippen molar-refractivity contribution in [3.8, 4) is 0 Å². The van der Waals surface area contributed by atoms with Crippen molar-refractivity contribution in [1.82, 2.24) is 5.32 Å². The van der Waals surface area contributed by atoms with Crippen molar-refractivity contribution in [1.29, 1.82) is 0 Å². The minimum Gasteiger partial charge on any atom is -0.362 e. The molecule has 2 N–H and O–H groups in total. The van der Waals surface area contributed by atoms with Gasteiger partial charge in [0.2, 0.25) is 0 Å². The van der Waals surface area contributed by atoms with Crippen LogP contribution in [0.5, 0.6) is 0 Å². The van der Waals surface area contributed by atoms with E-state index in [2.05, 4.69) is 17.6 Å². The van der Waals surface area contributed by atoms with E-state index in [4.69, 9.17) is 11.6 Å². The molecule has 0 spiro atoms. The Labute approximate surface area is 100 Å². The van der Waals surface area contributed by atoms with Crippen LogP contribution in [0.4, 0.5) is 5.69 Å². The van der Waals surface area contributed by atoms with Crippen molar-refractivity contribution in [2.75, 3.05) is 5.32 Å². The molecule has 4 heteroatoms. The van der Waals surface area contributed by atoms with Gasteiger partial charge in [-0.1, -0.05) is 24.9 Å². The maximum Gasteiger partial charge on any atom is 0.255 e. The molecule has 0 aliphatic carbocycles. The second kappa shape index (κ2) is 3.98. The molecule has 1 heterocycles. The number of halogens is 1. The van der Waals surface area contributed by atoms with Crippen LogP contribution in [0.3, 0.4) is 0 Å². The second-order valence-corrected chi connectivity index (χ2v) is 4.79. The lowest BCUT2D eigenvalue weighted by Crippen LogP contribution is -2.55. The fourth-order valence-corrected chi connectivity index (χ4v) is 2.26. The number of hydrogen-bond donors (Lipinski definition) is 2. The van der Waals surface area contributed by atoms with Crippen LogP contribution in [0.1, 0.15) is 37.0 Å². The molecule has 0 saturated heterocycles. The summed E-state index contributed by atoms with van der Waals surface area (Å²) >= 11 is 5.92. The zero-order chi connectivity index (χ0) is 11.8. The van der Waals surface area contributed by atoms with Gasteiger partial charge in [0.15, 0.2) is 0 Å². The van der Waals surface area contributed by atoms with Gasteiger partial charge in [0.05, 0.1) is 11.3 Å². The minimum absolute atomic E-state index is 0.0404. The largest absolute Gasteiger partial charge is 0.362 e. The van der Waals surface area contributed by atoms with Crippen molar-refractivity contribution in [3.05, 3.63) is 28.8 Å². The standard InChI is InChI=1S/C12H15ClN2O/c1-3-6-12(2)14-10-7-8(13)4-5-9(10)11(16)15-12/h4-5,7,14H,3,6H2,1-2H3,(H,15,16). The van der Waals surface area contributed by atoms with Gasteiger partial charge in [0.1, 0.15) is 5.66 Å². The Morgan fingerprint density at radius 3 is 2.81 bits per heavy atom. The molecule has 0 aromatic heterocycles. The van der Waals surface area contributed by atoms with E-state index >= 15 is 0 Å². The van der Waals surface area contributed by atoms with Crippen molar-refractivity contribution in [2.45, 2.75) is 32.4 Å². The summed E-state index contributed by atoms with van der Waals surface area (Å²) in [6.45, 7) is 4.07. The number of anilines is 1. The van der Waals surface area contributed by atoms with Crippen molar-refractivity contribution in [2.24, 2.45) is 0 Å². The first kappa shape index (κ1) is 11.3. The zero-order valence-electron chi connectivity index (χ0n) is 9.43. The smallest absolute Gasteiger partial charge is 0.255 e. The van der Waals surface area contributed by atoms with Gasteiger partial charge in [-0.3, -0.25) is 4.79 Å². The number of carbonyl (C=O) groups excluding carboxylic acids is 1. The first-order chi connectivity index (χ1) is 7.54. The van der Waals surface area contributed by atoms with Gasteiger partial charge in [0.25, 0.3) is 5.91 Å². The average molecular weight is 239 g/mol. The van der Waals surface area contributed by atoms with Gasteiger partial charge in [-0.2, -0.15) is 0 Å². The summed E-state index contributed by atoms with van der Waals surface area (Å²) in [6.07, 6.45) is 1.88. The molecule has 1 aliphatic heterocycles. The number of rotatable bonds is 2. The predicted octanol–water partition coefficient (Wildman–Crippen LogP) is 3.01. The molecule has 1 unspecified atom stereocenters. The number of hydrogen-bond acceptors (Lipinski definition) is 2. The molecule has 0 radical (unpaired) electrons. The van der Waals surface area contributed by atoms with E-state index in [0.29, 0.717) is 10.6 Å². The van der Waals surface area contributed by atoms with Crippen LogP contribution < -0.4 is 10.6 Å². The van der Waals surface area contributed by atoms with E-state index < -0.39 is 0 Å². The highest BCUT2D eigenvalue weighted by Gasteiger charge is 2.32. The van der Waals surface area contributed by atoms with Crippen LogP contribution in [-0.4, -0.2) is 11.6 Å². The SMILES string of the molecule is CCCC1(C)NC(=O)c2ccc(Cl)cc2N1. The molecule has 1 atom stereocenters. The topological polar surface area (TPSA) is 41.1 Å². The normalized spacial score (nSPS) is 23.3. The summed E-state index contributed by atoms with van der Waals surface area (Å²) in [5.41, 5.74) is 1.09. The third-order valence-corrected chi connectivity index (χ3v) is 3.01. The molecular formula is C12H15ClN2O. The van der Waals surface area contributed by atoms with Crippen LogP contribution >= 0.6 is 11.6 Å². The van der Waals surface area contributed by atoms with Crippen LogP contribution in [0.2, 0.25) is 5.02 Å². The quantitative estimate of drug-likeness (QED) is 0.832. The lowest BCUT2D eigenvalue weighted by Gasteiger charge is -2.37. The lowest BCUT2D eigenvalue weighted by atomic mass is 10.00. The molecule has 1 aromatic carbocycles.